The zero-order chi connectivity index (χ0) is 21.8. The van der Waals surface area contributed by atoms with Crippen molar-refractivity contribution in [3.8, 4) is 0 Å². The molecule has 0 spiro atoms. The number of hydrogen-bond donors (Lipinski definition) is 5. The number of carbonyl (C=O) groups is 2. The minimum absolute atomic E-state index is 0.0123. The number of hydrogen-bond acceptors (Lipinski definition) is 5. The van der Waals surface area contributed by atoms with Gasteiger partial charge in [-0.25, -0.2) is 4.39 Å². The zero-order valence-electron chi connectivity index (χ0n) is 17.4. The third-order valence-electron chi connectivity index (χ3n) is 4.52. The number of nitrogens with one attached hydrogen (secondary N) is 3. The molecule has 0 aromatic heterocycles. The normalized spacial score (nSPS) is 15.6. The molecule has 1 aromatic carbocycles. The number of halogens is 1. The van der Waals surface area contributed by atoms with Crippen molar-refractivity contribution in [3.05, 3.63) is 52.5 Å². The molecule has 7 N–H and O–H groups in total. The van der Waals surface area contributed by atoms with Gasteiger partial charge >= 0.3 is 0 Å². The van der Waals surface area contributed by atoms with E-state index in [1.807, 2.05) is 20.8 Å². The molecule has 29 heavy (non-hydrogen) atoms. The van der Waals surface area contributed by atoms with Crippen LogP contribution < -0.4 is 27.4 Å². The van der Waals surface area contributed by atoms with Gasteiger partial charge in [-0.15, -0.1) is 0 Å². The topological polar surface area (TPSA) is 122 Å². The SMILES string of the molecule is Cc1c(F)cc(C(=O)NC2CNC2)cc1/C(N)=C/C=C(\N)C(=O)NCC(C)(C)C. The highest BCUT2D eigenvalue weighted by molar-refractivity contribution is 5.96. The average Bonchev–Trinajstić information content (AvgIpc) is 2.61. The quantitative estimate of drug-likeness (QED) is 0.360. The van der Waals surface area contributed by atoms with Crippen LogP contribution in [0.2, 0.25) is 0 Å². The van der Waals surface area contributed by atoms with Gasteiger partial charge in [-0.3, -0.25) is 9.59 Å². The maximum atomic E-state index is 14.4. The second-order valence-corrected chi connectivity index (χ2v) is 8.45. The zero-order valence-corrected chi connectivity index (χ0v) is 17.4. The van der Waals surface area contributed by atoms with Gasteiger partial charge in [-0.2, -0.15) is 0 Å². The fourth-order valence-electron chi connectivity index (χ4n) is 2.56. The summed E-state index contributed by atoms with van der Waals surface area (Å²) in [6, 6.07) is 2.77. The first-order valence-corrected chi connectivity index (χ1v) is 9.51. The van der Waals surface area contributed by atoms with E-state index in [0.29, 0.717) is 30.8 Å². The Morgan fingerprint density at radius 1 is 1.24 bits per heavy atom. The van der Waals surface area contributed by atoms with Crippen LogP contribution in [0.4, 0.5) is 4.39 Å². The molecule has 8 heteroatoms. The molecule has 0 saturated carbocycles. The number of carbonyl (C=O) groups excluding carboxylic acids is 2. The molecule has 0 bridgehead atoms. The van der Waals surface area contributed by atoms with E-state index in [2.05, 4.69) is 16.0 Å². The Morgan fingerprint density at radius 3 is 2.45 bits per heavy atom. The van der Waals surface area contributed by atoms with Crippen molar-refractivity contribution in [2.24, 2.45) is 16.9 Å². The van der Waals surface area contributed by atoms with Crippen molar-refractivity contribution < 1.29 is 14.0 Å². The largest absolute Gasteiger partial charge is 0.398 e. The molecular formula is C21H30FN5O2. The Hall–Kier alpha value is -2.87. The van der Waals surface area contributed by atoms with E-state index in [-0.39, 0.29) is 34.3 Å². The molecule has 0 aliphatic carbocycles. The summed E-state index contributed by atoms with van der Waals surface area (Å²) in [5.74, 6) is -1.30. The van der Waals surface area contributed by atoms with Gasteiger partial charge < -0.3 is 27.4 Å². The summed E-state index contributed by atoms with van der Waals surface area (Å²) in [5.41, 5.74) is 12.9. The highest BCUT2D eigenvalue weighted by Gasteiger charge is 2.21. The second-order valence-electron chi connectivity index (χ2n) is 8.45. The van der Waals surface area contributed by atoms with Crippen molar-refractivity contribution in [2.75, 3.05) is 19.6 Å². The molecule has 0 unspecified atom stereocenters. The van der Waals surface area contributed by atoms with Gasteiger partial charge in [0.2, 0.25) is 0 Å². The number of benzene rings is 1. The first-order valence-electron chi connectivity index (χ1n) is 9.51. The molecule has 0 atom stereocenters. The van der Waals surface area contributed by atoms with E-state index >= 15 is 0 Å². The molecule has 7 nitrogen and oxygen atoms in total. The van der Waals surface area contributed by atoms with Crippen LogP contribution in [0.25, 0.3) is 5.70 Å². The highest BCUT2D eigenvalue weighted by atomic mass is 19.1. The Bertz CT molecular complexity index is 851. The van der Waals surface area contributed by atoms with Crippen LogP contribution in [0.3, 0.4) is 0 Å². The fourth-order valence-corrected chi connectivity index (χ4v) is 2.56. The minimum atomic E-state index is -0.532. The number of nitrogens with two attached hydrogens (primary N) is 2. The van der Waals surface area contributed by atoms with Gasteiger partial charge in [-0.05, 0) is 42.2 Å². The Morgan fingerprint density at radius 2 is 1.90 bits per heavy atom. The first kappa shape index (κ1) is 22.4. The van der Waals surface area contributed by atoms with Gasteiger partial charge in [0.1, 0.15) is 5.82 Å². The molecule has 1 fully saturated rings. The van der Waals surface area contributed by atoms with Gasteiger partial charge in [0.25, 0.3) is 11.8 Å². The molecule has 2 amide bonds. The summed E-state index contributed by atoms with van der Waals surface area (Å²) >= 11 is 0. The third kappa shape index (κ3) is 6.32. The van der Waals surface area contributed by atoms with Crippen LogP contribution in [-0.2, 0) is 4.79 Å². The lowest BCUT2D eigenvalue weighted by Gasteiger charge is -2.28. The minimum Gasteiger partial charge on any atom is -0.398 e. The van der Waals surface area contributed by atoms with Crippen molar-refractivity contribution in [3.63, 3.8) is 0 Å². The maximum absolute atomic E-state index is 14.4. The van der Waals surface area contributed by atoms with Crippen LogP contribution in [0, 0.1) is 18.2 Å². The monoisotopic (exact) mass is 403 g/mol. The lowest BCUT2D eigenvalue weighted by Crippen LogP contribution is -2.56. The number of amides is 2. The molecular weight excluding hydrogens is 373 g/mol. The Kier molecular flexibility index (Phi) is 7.02. The van der Waals surface area contributed by atoms with E-state index in [0.717, 1.165) is 0 Å². The van der Waals surface area contributed by atoms with Gasteiger partial charge in [0, 0.05) is 36.5 Å². The maximum Gasteiger partial charge on any atom is 0.267 e. The molecule has 1 saturated heterocycles. The smallest absolute Gasteiger partial charge is 0.267 e. The van der Waals surface area contributed by atoms with Gasteiger partial charge in [-0.1, -0.05) is 20.8 Å². The average molecular weight is 404 g/mol. The van der Waals surface area contributed by atoms with Gasteiger partial charge in [0.05, 0.1) is 11.7 Å². The van der Waals surface area contributed by atoms with Crippen molar-refractivity contribution in [1.82, 2.24) is 16.0 Å². The third-order valence-corrected chi connectivity index (χ3v) is 4.52. The van der Waals surface area contributed by atoms with Gasteiger partial charge in [0.15, 0.2) is 0 Å². The summed E-state index contributed by atoms with van der Waals surface area (Å²) in [4.78, 5) is 24.4. The number of allylic oxidation sites excluding steroid dienone is 2. The predicted octanol–water partition coefficient (Wildman–Crippen LogP) is 1.14. The lowest BCUT2D eigenvalue weighted by molar-refractivity contribution is -0.117. The molecule has 2 rings (SSSR count). The fraction of sp³-hybridized carbons (Fsp3) is 0.429. The van der Waals surface area contributed by atoms with E-state index in [9.17, 15) is 14.0 Å². The van der Waals surface area contributed by atoms with E-state index in [1.165, 1.54) is 24.3 Å². The lowest BCUT2D eigenvalue weighted by atomic mass is 9.97. The summed E-state index contributed by atoms with van der Waals surface area (Å²) in [6.07, 6.45) is 2.81. The molecule has 158 valence electrons. The van der Waals surface area contributed by atoms with E-state index in [4.69, 9.17) is 11.5 Å². The molecule has 1 aromatic rings. The second kappa shape index (κ2) is 9.09. The molecule has 1 heterocycles. The van der Waals surface area contributed by atoms with Crippen LogP contribution >= 0.6 is 0 Å². The first-order chi connectivity index (χ1) is 13.5. The summed E-state index contributed by atoms with van der Waals surface area (Å²) in [6.45, 7) is 9.41. The summed E-state index contributed by atoms with van der Waals surface area (Å²) in [5, 5.41) is 8.62. The van der Waals surface area contributed by atoms with Crippen molar-refractivity contribution in [1.29, 1.82) is 0 Å². The predicted molar refractivity (Wildman–Crippen MR) is 112 cm³/mol. The van der Waals surface area contributed by atoms with Crippen molar-refractivity contribution in [2.45, 2.75) is 33.7 Å². The van der Waals surface area contributed by atoms with Crippen molar-refractivity contribution >= 4 is 17.5 Å². The van der Waals surface area contributed by atoms with E-state index < -0.39 is 11.7 Å². The standard InChI is InChI=1S/C21H30FN5O2/c1-12-15(7-13(8-16(12)22)19(28)27-14-9-25-10-14)17(23)5-6-18(24)20(29)26-11-21(2,3)4/h5-8,14,25H,9-11,23-24H2,1-4H3,(H,26,29)(H,27,28)/b17-5-,18-6-. The van der Waals surface area contributed by atoms with Crippen LogP contribution in [-0.4, -0.2) is 37.5 Å². The van der Waals surface area contributed by atoms with Crippen LogP contribution in [0.5, 0.6) is 0 Å². The Labute approximate surface area is 170 Å². The summed E-state index contributed by atoms with van der Waals surface area (Å²) < 4.78 is 14.4. The molecule has 1 aliphatic heterocycles. The summed E-state index contributed by atoms with van der Waals surface area (Å²) in [7, 11) is 0. The molecule has 1 aliphatic rings. The Balaban J connectivity index is 2.18. The molecule has 0 radical (unpaired) electrons. The van der Waals surface area contributed by atoms with Crippen LogP contribution in [0.1, 0.15) is 42.3 Å². The number of rotatable bonds is 6. The highest BCUT2D eigenvalue weighted by Crippen LogP contribution is 2.21. The van der Waals surface area contributed by atoms with Crippen LogP contribution in [0.15, 0.2) is 30.0 Å². The van der Waals surface area contributed by atoms with E-state index in [1.54, 1.807) is 6.92 Å².